The lowest BCUT2D eigenvalue weighted by atomic mass is 9.68. The first kappa shape index (κ1) is 21.0. The molecule has 0 amide bonds. The molecule has 2 N–H and O–H groups in total. The van der Waals surface area contributed by atoms with E-state index in [0.717, 1.165) is 24.3 Å². The van der Waals surface area contributed by atoms with Crippen molar-refractivity contribution in [2.75, 3.05) is 6.54 Å². The van der Waals surface area contributed by atoms with Gasteiger partial charge in [-0.05, 0) is 37.1 Å². The molecule has 3 unspecified atom stereocenters. The quantitative estimate of drug-likeness (QED) is 0.339. The molecule has 0 aromatic heterocycles. The molecular weight excluding hydrogens is 278 g/mol. The van der Waals surface area contributed by atoms with Crippen molar-refractivity contribution in [3.63, 3.8) is 0 Å². The predicted octanol–water partition coefficient (Wildman–Crippen LogP) is 7.09. The van der Waals surface area contributed by atoms with Crippen LogP contribution in [0.25, 0.3) is 0 Å². The first-order chi connectivity index (χ1) is 11.3. The summed E-state index contributed by atoms with van der Waals surface area (Å²) in [6, 6.07) is 0. The summed E-state index contributed by atoms with van der Waals surface area (Å²) in [6.07, 6.45) is 23.1. The average molecular weight is 324 g/mol. The fourth-order valence-corrected chi connectivity index (χ4v) is 4.83. The molecule has 0 aromatic rings. The Hall–Kier alpha value is -0.0400. The molecule has 0 radical (unpaired) electrons. The Bertz CT molecular complexity index is 250. The Kier molecular flexibility index (Phi) is 13.1. The van der Waals surface area contributed by atoms with Crippen LogP contribution >= 0.6 is 0 Å². The topological polar surface area (TPSA) is 26.0 Å². The summed E-state index contributed by atoms with van der Waals surface area (Å²) >= 11 is 0. The van der Waals surface area contributed by atoms with Gasteiger partial charge in [0.05, 0.1) is 0 Å². The lowest BCUT2D eigenvalue weighted by Crippen LogP contribution is -2.27. The van der Waals surface area contributed by atoms with Crippen LogP contribution in [0.3, 0.4) is 0 Å². The van der Waals surface area contributed by atoms with Gasteiger partial charge in [-0.1, -0.05) is 104 Å². The van der Waals surface area contributed by atoms with Gasteiger partial charge < -0.3 is 5.73 Å². The Morgan fingerprint density at radius 3 is 2.13 bits per heavy atom. The van der Waals surface area contributed by atoms with E-state index in [9.17, 15) is 0 Å². The maximum Gasteiger partial charge on any atom is -0.00773 e. The lowest BCUT2D eigenvalue weighted by molar-refractivity contribution is 0.131. The third-order valence-corrected chi connectivity index (χ3v) is 6.21. The van der Waals surface area contributed by atoms with Crippen molar-refractivity contribution in [1.82, 2.24) is 0 Å². The smallest absolute Gasteiger partial charge is 0.00773 e. The maximum atomic E-state index is 5.68. The Labute approximate surface area is 147 Å². The second-order valence-electron chi connectivity index (χ2n) is 8.10. The molecule has 0 bridgehead atoms. The van der Waals surface area contributed by atoms with Crippen LogP contribution in [-0.4, -0.2) is 6.54 Å². The zero-order valence-electron chi connectivity index (χ0n) is 16.3. The molecule has 0 heterocycles. The van der Waals surface area contributed by atoms with Crippen molar-refractivity contribution in [3.8, 4) is 0 Å². The SMILES string of the molecule is CCCCCC(CCCCCN)C1CCCCC1CCCCC. The molecule has 0 spiro atoms. The largest absolute Gasteiger partial charge is 0.330 e. The van der Waals surface area contributed by atoms with Crippen LogP contribution in [0.15, 0.2) is 0 Å². The zero-order valence-corrected chi connectivity index (χ0v) is 16.3. The average Bonchev–Trinajstić information content (AvgIpc) is 2.58. The predicted molar refractivity (Wildman–Crippen MR) is 105 cm³/mol. The van der Waals surface area contributed by atoms with E-state index in [0.29, 0.717) is 0 Å². The van der Waals surface area contributed by atoms with E-state index in [-0.39, 0.29) is 0 Å². The van der Waals surface area contributed by atoms with Crippen LogP contribution in [0.5, 0.6) is 0 Å². The Morgan fingerprint density at radius 1 is 0.783 bits per heavy atom. The standard InChI is InChI=1S/C22H45N/c1-3-5-8-14-20(16-10-7-13-19-23)22-18-12-11-17-21(22)15-9-6-4-2/h20-22H,3-19,23H2,1-2H3. The van der Waals surface area contributed by atoms with Crippen molar-refractivity contribution in [3.05, 3.63) is 0 Å². The first-order valence-electron chi connectivity index (χ1n) is 11.0. The number of hydrogen-bond acceptors (Lipinski definition) is 1. The second-order valence-corrected chi connectivity index (χ2v) is 8.10. The molecule has 1 fully saturated rings. The molecular formula is C22H45N. The van der Waals surface area contributed by atoms with Crippen LogP contribution in [0.1, 0.15) is 117 Å². The fraction of sp³-hybridized carbons (Fsp3) is 1.00. The summed E-state index contributed by atoms with van der Waals surface area (Å²) in [5, 5.41) is 0. The van der Waals surface area contributed by atoms with E-state index >= 15 is 0 Å². The fourth-order valence-electron chi connectivity index (χ4n) is 4.83. The van der Waals surface area contributed by atoms with Gasteiger partial charge in [0.25, 0.3) is 0 Å². The maximum absolute atomic E-state index is 5.68. The van der Waals surface area contributed by atoms with E-state index in [1.54, 1.807) is 0 Å². The van der Waals surface area contributed by atoms with Gasteiger partial charge in [-0.25, -0.2) is 0 Å². The number of rotatable bonds is 14. The summed E-state index contributed by atoms with van der Waals surface area (Å²) in [7, 11) is 0. The van der Waals surface area contributed by atoms with Gasteiger partial charge in [-0.3, -0.25) is 0 Å². The molecule has 1 aliphatic rings. The number of unbranched alkanes of at least 4 members (excludes halogenated alkanes) is 6. The minimum Gasteiger partial charge on any atom is -0.330 e. The van der Waals surface area contributed by atoms with Gasteiger partial charge in [0.15, 0.2) is 0 Å². The molecule has 1 aliphatic carbocycles. The molecule has 23 heavy (non-hydrogen) atoms. The van der Waals surface area contributed by atoms with E-state index in [1.165, 1.54) is 103 Å². The molecule has 1 saturated carbocycles. The lowest BCUT2D eigenvalue weighted by Gasteiger charge is -2.38. The summed E-state index contributed by atoms with van der Waals surface area (Å²) in [6.45, 7) is 5.55. The second kappa shape index (κ2) is 14.3. The van der Waals surface area contributed by atoms with Gasteiger partial charge >= 0.3 is 0 Å². The van der Waals surface area contributed by atoms with Gasteiger partial charge in [0.1, 0.15) is 0 Å². The van der Waals surface area contributed by atoms with Crippen LogP contribution in [0.4, 0.5) is 0 Å². The highest BCUT2D eigenvalue weighted by Gasteiger charge is 2.30. The molecule has 138 valence electrons. The summed E-state index contributed by atoms with van der Waals surface area (Å²) < 4.78 is 0. The van der Waals surface area contributed by atoms with Gasteiger partial charge in [0.2, 0.25) is 0 Å². The normalized spacial score (nSPS) is 23.1. The van der Waals surface area contributed by atoms with Crippen molar-refractivity contribution in [2.24, 2.45) is 23.5 Å². The molecule has 1 nitrogen and oxygen atoms in total. The minimum absolute atomic E-state index is 0.879. The third kappa shape index (κ3) is 9.13. The van der Waals surface area contributed by atoms with Crippen molar-refractivity contribution in [2.45, 2.75) is 117 Å². The summed E-state index contributed by atoms with van der Waals surface area (Å²) in [4.78, 5) is 0. The van der Waals surface area contributed by atoms with E-state index in [4.69, 9.17) is 5.73 Å². The van der Waals surface area contributed by atoms with Gasteiger partial charge in [-0.15, -0.1) is 0 Å². The van der Waals surface area contributed by atoms with E-state index in [2.05, 4.69) is 13.8 Å². The van der Waals surface area contributed by atoms with Crippen LogP contribution in [0, 0.1) is 17.8 Å². The monoisotopic (exact) mass is 323 g/mol. The summed E-state index contributed by atoms with van der Waals surface area (Å²) in [5.74, 6) is 3.12. The molecule has 1 rings (SSSR count). The molecule has 0 aliphatic heterocycles. The minimum atomic E-state index is 0.879. The van der Waals surface area contributed by atoms with Crippen LogP contribution in [0.2, 0.25) is 0 Å². The van der Waals surface area contributed by atoms with Gasteiger partial charge in [-0.2, -0.15) is 0 Å². The van der Waals surface area contributed by atoms with E-state index in [1.807, 2.05) is 0 Å². The van der Waals surface area contributed by atoms with Crippen molar-refractivity contribution < 1.29 is 0 Å². The van der Waals surface area contributed by atoms with E-state index < -0.39 is 0 Å². The molecule has 1 heteroatoms. The highest BCUT2D eigenvalue weighted by Crippen LogP contribution is 2.42. The molecule has 3 atom stereocenters. The molecule has 0 aromatic carbocycles. The number of hydrogen-bond donors (Lipinski definition) is 1. The van der Waals surface area contributed by atoms with Crippen LogP contribution in [-0.2, 0) is 0 Å². The summed E-state index contributed by atoms with van der Waals surface area (Å²) in [5.41, 5.74) is 5.68. The number of nitrogens with two attached hydrogens (primary N) is 1. The Morgan fingerprint density at radius 2 is 1.43 bits per heavy atom. The van der Waals surface area contributed by atoms with Gasteiger partial charge in [0, 0.05) is 0 Å². The molecule has 0 saturated heterocycles. The highest BCUT2D eigenvalue weighted by atomic mass is 14.5. The van der Waals surface area contributed by atoms with Crippen LogP contribution < -0.4 is 5.73 Å². The zero-order chi connectivity index (χ0) is 16.8. The van der Waals surface area contributed by atoms with Crippen molar-refractivity contribution in [1.29, 1.82) is 0 Å². The third-order valence-electron chi connectivity index (χ3n) is 6.21. The Balaban J connectivity index is 2.51. The first-order valence-corrected chi connectivity index (χ1v) is 11.0. The van der Waals surface area contributed by atoms with Crippen molar-refractivity contribution >= 4 is 0 Å². The highest BCUT2D eigenvalue weighted by molar-refractivity contribution is 4.81.